The summed E-state index contributed by atoms with van der Waals surface area (Å²) in [6.45, 7) is 0.841. The first-order valence-corrected chi connectivity index (χ1v) is 6.81. The van der Waals surface area contributed by atoms with E-state index in [2.05, 4.69) is 22.3 Å². The molecule has 2 aromatic rings. The molecule has 6 nitrogen and oxygen atoms in total. The minimum atomic E-state index is -0.266. The van der Waals surface area contributed by atoms with Crippen molar-refractivity contribution in [3.8, 4) is 0 Å². The molecule has 0 saturated heterocycles. The highest BCUT2D eigenvalue weighted by Crippen LogP contribution is 2.07. The number of ether oxygens (including phenoxy) is 1. The highest BCUT2D eigenvalue weighted by molar-refractivity contribution is 5.89. The van der Waals surface area contributed by atoms with Crippen molar-refractivity contribution in [2.45, 2.75) is 19.4 Å². The fourth-order valence-corrected chi connectivity index (χ4v) is 1.95. The number of methoxy groups -OCH3 is 1. The molecule has 0 atom stereocenters. The predicted octanol–water partition coefficient (Wildman–Crippen LogP) is 1.92. The Hall–Kier alpha value is -2.21. The van der Waals surface area contributed by atoms with Crippen LogP contribution in [0.5, 0.6) is 0 Å². The van der Waals surface area contributed by atoms with Gasteiger partial charge in [0.25, 0.3) is 0 Å². The second-order valence-electron chi connectivity index (χ2n) is 4.75. The Labute approximate surface area is 123 Å². The van der Waals surface area contributed by atoms with Crippen LogP contribution in [0.2, 0.25) is 0 Å². The largest absolute Gasteiger partial charge is 0.414 e. The smallest absolute Gasteiger partial charge is 0.311 e. The molecule has 6 heteroatoms. The molecule has 2 rings (SSSR count). The quantitative estimate of drug-likeness (QED) is 0.779. The van der Waals surface area contributed by atoms with E-state index in [4.69, 9.17) is 9.15 Å². The van der Waals surface area contributed by atoms with E-state index in [1.54, 1.807) is 11.9 Å². The van der Waals surface area contributed by atoms with Crippen molar-refractivity contribution < 1.29 is 13.9 Å². The van der Waals surface area contributed by atoms with Gasteiger partial charge in [0, 0.05) is 20.7 Å². The molecule has 0 fully saturated rings. The molecule has 0 aliphatic heterocycles. The van der Waals surface area contributed by atoms with Gasteiger partial charge in [-0.2, -0.15) is 0 Å². The Balaban J connectivity index is 1.81. The molecule has 0 spiro atoms. The molecule has 112 valence electrons. The molecule has 1 heterocycles. The van der Waals surface area contributed by atoms with Gasteiger partial charge < -0.3 is 14.1 Å². The molecule has 0 N–H and O–H groups in total. The van der Waals surface area contributed by atoms with E-state index in [9.17, 15) is 4.79 Å². The van der Waals surface area contributed by atoms with Crippen LogP contribution in [0.15, 0.2) is 34.7 Å². The second-order valence-corrected chi connectivity index (χ2v) is 4.75. The summed E-state index contributed by atoms with van der Waals surface area (Å²) in [5, 5.41) is 7.48. The van der Waals surface area contributed by atoms with Crippen LogP contribution in [0.3, 0.4) is 0 Å². The van der Waals surface area contributed by atoms with Gasteiger partial charge in [0.05, 0.1) is 0 Å². The molecule has 1 aromatic heterocycles. The van der Waals surface area contributed by atoms with Crippen molar-refractivity contribution >= 4 is 5.91 Å². The van der Waals surface area contributed by atoms with Gasteiger partial charge in [0.15, 0.2) is 0 Å². The number of carbonyl (C=O) groups is 1. The number of amides is 1. The number of aryl methyl sites for hydroxylation is 1. The van der Waals surface area contributed by atoms with Crippen LogP contribution in [0.1, 0.15) is 28.6 Å². The molecule has 0 aliphatic rings. The molecule has 0 unspecified atom stereocenters. The zero-order chi connectivity index (χ0) is 15.1. The van der Waals surface area contributed by atoms with Crippen molar-refractivity contribution in [2.24, 2.45) is 0 Å². The van der Waals surface area contributed by atoms with Crippen LogP contribution in [0.25, 0.3) is 0 Å². The average molecular weight is 289 g/mol. The van der Waals surface area contributed by atoms with E-state index >= 15 is 0 Å². The van der Waals surface area contributed by atoms with E-state index in [1.165, 1.54) is 12.7 Å². The predicted molar refractivity (Wildman–Crippen MR) is 76.7 cm³/mol. The van der Waals surface area contributed by atoms with Crippen LogP contribution >= 0.6 is 0 Å². The van der Waals surface area contributed by atoms with Crippen molar-refractivity contribution in [1.82, 2.24) is 15.1 Å². The number of nitrogens with zero attached hydrogens (tertiary/aromatic N) is 3. The Bertz CT molecular complexity index is 569. The van der Waals surface area contributed by atoms with Crippen molar-refractivity contribution in [2.75, 3.05) is 20.7 Å². The van der Waals surface area contributed by atoms with E-state index in [0.717, 1.165) is 12.8 Å². The van der Waals surface area contributed by atoms with Gasteiger partial charge >= 0.3 is 11.8 Å². The number of rotatable bonds is 7. The summed E-state index contributed by atoms with van der Waals surface area (Å²) in [5.74, 6) is 0.0423. The fraction of sp³-hybridized carbons (Fsp3) is 0.400. The standard InChI is InChI=1S/C15H19N3O3/c1-18(10-6-9-12-7-4-3-5-8-12)15(19)14-17-16-13(21-14)11-20-2/h3-5,7-8H,6,9-11H2,1-2H3. The molecule has 0 radical (unpaired) electrons. The summed E-state index contributed by atoms with van der Waals surface area (Å²) in [7, 11) is 3.26. The number of hydrogen-bond donors (Lipinski definition) is 0. The number of benzene rings is 1. The first kappa shape index (κ1) is 15.2. The monoisotopic (exact) mass is 289 g/mol. The highest BCUT2D eigenvalue weighted by atomic mass is 16.5. The molecule has 1 aromatic carbocycles. The topological polar surface area (TPSA) is 68.5 Å². The zero-order valence-corrected chi connectivity index (χ0v) is 12.3. The molecular formula is C15H19N3O3. The first-order chi connectivity index (χ1) is 10.2. The normalized spacial score (nSPS) is 10.6. The van der Waals surface area contributed by atoms with Gasteiger partial charge in [0.1, 0.15) is 6.61 Å². The lowest BCUT2D eigenvalue weighted by Crippen LogP contribution is -2.28. The third kappa shape index (κ3) is 4.39. The molecule has 0 bridgehead atoms. The minimum Gasteiger partial charge on any atom is -0.414 e. The SMILES string of the molecule is COCc1nnc(C(=O)N(C)CCCc2ccccc2)o1. The maximum absolute atomic E-state index is 12.1. The van der Waals surface area contributed by atoms with Gasteiger partial charge in [0.2, 0.25) is 5.89 Å². The molecule has 21 heavy (non-hydrogen) atoms. The van der Waals surface area contributed by atoms with E-state index in [-0.39, 0.29) is 18.4 Å². The lowest BCUT2D eigenvalue weighted by Gasteiger charge is -2.14. The minimum absolute atomic E-state index is 0.00395. The maximum Gasteiger partial charge on any atom is 0.311 e. The summed E-state index contributed by atoms with van der Waals surface area (Å²) in [6.07, 6.45) is 1.81. The van der Waals surface area contributed by atoms with Crippen molar-refractivity contribution in [3.05, 3.63) is 47.7 Å². The number of hydrogen-bond acceptors (Lipinski definition) is 5. The van der Waals surface area contributed by atoms with E-state index in [1.807, 2.05) is 18.2 Å². The van der Waals surface area contributed by atoms with E-state index in [0.29, 0.717) is 12.4 Å². The van der Waals surface area contributed by atoms with Gasteiger partial charge in [-0.1, -0.05) is 30.3 Å². The Morgan fingerprint density at radius 2 is 2.05 bits per heavy atom. The Morgan fingerprint density at radius 1 is 1.29 bits per heavy atom. The van der Waals surface area contributed by atoms with Gasteiger partial charge in [-0.3, -0.25) is 4.79 Å². The summed E-state index contributed by atoms with van der Waals surface area (Å²) in [6, 6.07) is 10.2. The van der Waals surface area contributed by atoms with Crippen LogP contribution in [-0.2, 0) is 17.8 Å². The zero-order valence-electron chi connectivity index (χ0n) is 12.3. The van der Waals surface area contributed by atoms with Crippen LogP contribution in [0, 0.1) is 0 Å². The third-order valence-corrected chi connectivity index (χ3v) is 3.07. The summed E-state index contributed by atoms with van der Waals surface area (Å²) in [5.41, 5.74) is 1.26. The first-order valence-electron chi connectivity index (χ1n) is 6.81. The summed E-state index contributed by atoms with van der Waals surface area (Å²) < 4.78 is 10.1. The molecular weight excluding hydrogens is 270 g/mol. The van der Waals surface area contributed by atoms with Crippen LogP contribution in [-0.4, -0.2) is 41.7 Å². The molecule has 0 saturated carbocycles. The molecule has 1 amide bonds. The van der Waals surface area contributed by atoms with Crippen LogP contribution < -0.4 is 0 Å². The van der Waals surface area contributed by atoms with Gasteiger partial charge in [-0.15, -0.1) is 10.2 Å². The lowest BCUT2D eigenvalue weighted by molar-refractivity contribution is 0.0746. The second kappa shape index (κ2) is 7.54. The van der Waals surface area contributed by atoms with Crippen molar-refractivity contribution in [3.63, 3.8) is 0 Å². The van der Waals surface area contributed by atoms with Crippen molar-refractivity contribution in [1.29, 1.82) is 0 Å². The highest BCUT2D eigenvalue weighted by Gasteiger charge is 2.18. The van der Waals surface area contributed by atoms with E-state index < -0.39 is 0 Å². The number of aromatic nitrogens is 2. The van der Waals surface area contributed by atoms with Crippen LogP contribution in [0.4, 0.5) is 0 Å². The summed E-state index contributed by atoms with van der Waals surface area (Å²) in [4.78, 5) is 13.7. The fourth-order valence-electron chi connectivity index (χ4n) is 1.95. The number of carbonyl (C=O) groups excluding carboxylic acids is 1. The summed E-state index contributed by atoms with van der Waals surface area (Å²) >= 11 is 0. The molecule has 0 aliphatic carbocycles. The van der Waals surface area contributed by atoms with Gasteiger partial charge in [-0.05, 0) is 18.4 Å². The lowest BCUT2D eigenvalue weighted by atomic mass is 10.1. The third-order valence-electron chi connectivity index (χ3n) is 3.07. The Kier molecular flexibility index (Phi) is 5.45. The Morgan fingerprint density at radius 3 is 2.76 bits per heavy atom. The maximum atomic E-state index is 12.1. The van der Waals surface area contributed by atoms with Gasteiger partial charge in [-0.25, -0.2) is 0 Å². The average Bonchev–Trinajstić information content (AvgIpc) is 2.96.